The number of rotatable bonds is 3. The summed E-state index contributed by atoms with van der Waals surface area (Å²) >= 11 is 2.35. The number of fused-ring (bicyclic) bond motifs is 1. The van der Waals surface area contributed by atoms with Crippen LogP contribution in [0.1, 0.15) is 35.6 Å². The fraction of sp³-hybridized carbons (Fsp3) is 0.294. The van der Waals surface area contributed by atoms with Crippen LogP contribution in [0.15, 0.2) is 48.5 Å². The molecular formula is C17H18IN. The topological polar surface area (TPSA) is 12.0 Å². The molecule has 0 aliphatic heterocycles. The molecule has 0 bridgehead atoms. The van der Waals surface area contributed by atoms with Crippen LogP contribution in [0.2, 0.25) is 0 Å². The largest absolute Gasteiger partial charge is 0.306 e. The van der Waals surface area contributed by atoms with Crippen molar-refractivity contribution in [3.8, 4) is 0 Å². The van der Waals surface area contributed by atoms with E-state index in [9.17, 15) is 0 Å². The molecule has 0 saturated heterocycles. The summed E-state index contributed by atoms with van der Waals surface area (Å²) in [6.07, 6.45) is 3.78. The predicted octanol–water partition coefficient (Wildman–Crippen LogP) is 4.46. The normalized spacial score (nSPS) is 18.1. The van der Waals surface area contributed by atoms with E-state index in [2.05, 4.69) is 76.4 Å². The van der Waals surface area contributed by atoms with Gasteiger partial charge in [0.2, 0.25) is 0 Å². The molecule has 1 N–H and O–H groups in total. The summed E-state index contributed by atoms with van der Waals surface area (Å²) in [6, 6.07) is 18.1. The quantitative estimate of drug-likeness (QED) is 0.794. The molecule has 0 aromatic heterocycles. The second-order valence-electron chi connectivity index (χ2n) is 5.15. The first-order valence-corrected chi connectivity index (χ1v) is 7.96. The number of aryl methyl sites for hydroxylation is 1. The second-order valence-corrected chi connectivity index (χ2v) is 6.40. The van der Waals surface area contributed by atoms with Crippen LogP contribution in [0.3, 0.4) is 0 Å². The first-order valence-electron chi connectivity index (χ1n) is 6.88. The third kappa shape index (κ3) is 3.18. The van der Waals surface area contributed by atoms with Crippen LogP contribution in [0, 0.1) is 3.57 Å². The van der Waals surface area contributed by atoms with Gasteiger partial charge < -0.3 is 5.32 Å². The zero-order chi connectivity index (χ0) is 13.1. The number of hydrogen-bond donors (Lipinski definition) is 1. The van der Waals surface area contributed by atoms with E-state index in [1.54, 1.807) is 0 Å². The van der Waals surface area contributed by atoms with E-state index in [0.29, 0.717) is 6.04 Å². The molecule has 1 nitrogen and oxygen atoms in total. The second kappa shape index (κ2) is 6.06. The van der Waals surface area contributed by atoms with E-state index in [0.717, 1.165) is 6.54 Å². The van der Waals surface area contributed by atoms with Crippen LogP contribution < -0.4 is 5.32 Å². The minimum absolute atomic E-state index is 0.518. The number of benzene rings is 2. The van der Waals surface area contributed by atoms with Crippen LogP contribution in [-0.2, 0) is 13.0 Å². The van der Waals surface area contributed by atoms with Gasteiger partial charge in [0.25, 0.3) is 0 Å². The smallest absolute Gasteiger partial charge is 0.0326 e. The Labute approximate surface area is 128 Å². The van der Waals surface area contributed by atoms with Crippen molar-refractivity contribution in [3.63, 3.8) is 0 Å². The van der Waals surface area contributed by atoms with Gasteiger partial charge in [0.15, 0.2) is 0 Å². The Morgan fingerprint density at radius 3 is 2.68 bits per heavy atom. The average Bonchev–Trinajstić information content (AvgIpc) is 2.47. The van der Waals surface area contributed by atoms with E-state index in [1.807, 2.05) is 0 Å². The van der Waals surface area contributed by atoms with Gasteiger partial charge in [-0.3, -0.25) is 0 Å². The highest BCUT2D eigenvalue weighted by Gasteiger charge is 2.18. The van der Waals surface area contributed by atoms with Gasteiger partial charge in [-0.1, -0.05) is 36.4 Å². The van der Waals surface area contributed by atoms with Gasteiger partial charge in [-0.15, -0.1) is 0 Å². The minimum Gasteiger partial charge on any atom is -0.306 e. The van der Waals surface area contributed by atoms with Crippen LogP contribution in [-0.4, -0.2) is 0 Å². The molecule has 0 radical (unpaired) electrons. The third-order valence-corrected chi connectivity index (χ3v) is 4.55. The molecule has 1 atom stereocenters. The molecule has 0 saturated carbocycles. The summed E-state index contributed by atoms with van der Waals surface area (Å²) in [4.78, 5) is 0. The van der Waals surface area contributed by atoms with Crippen molar-refractivity contribution < 1.29 is 0 Å². The van der Waals surface area contributed by atoms with E-state index < -0.39 is 0 Å². The molecule has 2 heteroatoms. The molecular weight excluding hydrogens is 345 g/mol. The monoisotopic (exact) mass is 363 g/mol. The first kappa shape index (κ1) is 13.1. The predicted molar refractivity (Wildman–Crippen MR) is 88.1 cm³/mol. The molecule has 2 aromatic carbocycles. The van der Waals surface area contributed by atoms with Crippen LogP contribution in [0.5, 0.6) is 0 Å². The molecule has 98 valence electrons. The lowest BCUT2D eigenvalue weighted by atomic mass is 9.87. The van der Waals surface area contributed by atoms with E-state index >= 15 is 0 Å². The Morgan fingerprint density at radius 1 is 1.05 bits per heavy atom. The molecule has 1 aliphatic carbocycles. The van der Waals surface area contributed by atoms with Crippen LogP contribution in [0.4, 0.5) is 0 Å². The lowest BCUT2D eigenvalue weighted by molar-refractivity contribution is 0.459. The van der Waals surface area contributed by atoms with Crippen molar-refractivity contribution >= 4 is 22.6 Å². The summed E-state index contributed by atoms with van der Waals surface area (Å²) < 4.78 is 1.30. The average molecular weight is 363 g/mol. The number of nitrogens with one attached hydrogen (secondary N) is 1. The minimum atomic E-state index is 0.518. The summed E-state index contributed by atoms with van der Waals surface area (Å²) in [7, 11) is 0. The van der Waals surface area contributed by atoms with Gasteiger partial charge in [0.05, 0.1) is 0 Å². The molecule has 19 heavy (non-hydrogen) atoms. The maximum Gasteiger partial charge on any atom is 0.0326 e. The summed E-state index contributed by atoms with van der Waals surface area (Å²) in [5, 5.41) is 3.71. The molecule has 0 fully saturated rings. The maximum absolute atomic E-state index is 3.71. The van der Waals surface area contributed by atoms with Crippen molar-refractivity contribution in [1.29, 1.82) is 0 Å². The van der Waals surface area contributed by atoms with E-state index in [4.69, 9.17) is 0 Å². The van der Waals surface area contributed by atoms with Gasteiger partial charge in [-0.05, 0) is 70.7 Å². The molecule has 3 rings (SSSR count). The maximum atomic E-state index is 3.71. The van der Waals surface area contributed by atoms with Crippen LogP contribution in [0.25, 0.3) is 0 Å². The summed E-state index contributed by atoms with van der Waals surface area (Å²) in [6.45, 7) is 0.954. The Balaban J connectivity index is 1.69. The highest BCUT2D eigenvalue weighted by molar-refractivity contribution is 14.1. The Bertz CT molecular complexity index is 547. The zero-order valence-electron chi connectivity index (χ0n) is 10.9. The first-order chi connectivity index (χ1) is 9.33. The van der Waals surface area contributed by atoms with Crippen LogP contribution >= 0.6 is 22.6 Å². The van der Waals surface area contributed by atoms with Gasteiger partial charge in [0, 0.05) is 16.2 Å². The molecule has 1 unspecified atom stereocenters. The zero-order valence-corrected chi connectivity index (χ0v) is 13.1. The van der Waals surface area contributed by atoms with Crippen molar-refractivity contribution in [2.45, 2.75) is 31.8 Å². The van der Waals surface area contributed by atoms with Gasteiger partial charge >= 0.3 is 0 Å². The fourth-order valence-electron chi connectivity index (χ4n) is 2.81. The summed E-state index contributed by atoms with van der Waals surface area (Å²) in [5.41, 5.74) is 4.39. The molecule has 1 aliphatic rings. The fourth-order valence-corrected chi connectivity index (χ4v) is 3.17. The van der Waals surface area contributed by atoms with E-state index in [1.165, 1.54) is 39.5 Å². The van der Waals surface area contributed by atoms with Crippen molar-refractivity contribution in [1.82, 2.24) is 5.32 Å². The standard InChI is InChI=1S/C17H18IN/c18-15-10-8-13(9-11-15)12-19-17-7-3-5-14-4-1-2-6-16(14)17/h1-2,4,6,8-11,17,19H,3,5,7,12H2. The summed E-state index contributed by atoms with van der Waals surface area (Å²) in [5.74, 6) is 0. The number of hydrogen-bond acceptors (Lipinski definition) is 1. The number of halogens is 1. The lowest BCUT2D eigenvalue weighted by Gasteiger charge is -2.26. The van der Waals surface area contributed by atoms with Gasteiger partial charge in [-0.25, -0.2) is 0 Å². The van der Waals surface area contributed by atoms with Gasteiger partial charge in [-0.2, -0.15) is 0 Å². The molecule has 0 heterocycles. The molecule has 0 spiro atoms. The van der Waals surface area contributed by atoms with Crippen molar-refractivity contribution in [3.05, 3.63) is 68.8 Å². The Kier molecular flexibility index (Phi) is 4.18. The SMILES string of the molecule is Ic1ccc(CNC2CCCc3ccccc32)cc1. The molecule has 0 amide bonds. The van der Waals surface area contributed by atoms with Crippen molar-refractivity contribution in [2.24, 2.45) is 0 Å². The third-order valence-electron chi connectivity index (χ3n) is 3.84. The highest BCUT2D eigenvalue weighted by atomic mass is 127. The van der Waals surface area contributed by atoms with E-state index in [-0.39, 0.29) is 0 Å². The van der Waals surface area contributed by atoms with Crippen molar-refractivity contribution in [2.75, 3.05) is 0 Å². The Morgan fingerprint density at radius 2 is 1.84 bits per heavy atom. The van der Waals surface area contributed by atoms with Gasteiger partial charge in [0.1, 0.15) is 0 Å². The highest BCUT2D eigenvalue weighted by Crippen LogP contribution is 2.29. The lowest BCUT2D eigenvalue weighted by Crippen LogP contribution is -2.24. The molecule has 2 aromatic rings. The Hall–Kier alpha value is -0.870.